The van der Waals surface area contributed by atoms with Gasteiger partial charge in [0.1, 0.15) is 0 Å². The van der Waals surface area contributed by atoms with Gasteiger partial charge in [0.05, 0.1) is 21.2 Å². The van der Waals surface area contributed by atoms with Gasteiger partial charge < -0.3 is 27.6 Å². The molecule has 0 saturated heterocycles. The fourth-order valence-corrected chi connectivity index (χ4v) is 7.64. The third-order valence-corrected chi connectivity index (χ3v) is 9.43. The van der Waals surface area contributed by atoms with Gasteiger partial charge >= 0.3 is 0 Å². The highest BCUT2D eigenvalue weighted by Gasteiger charge is 2.43. The second-order valence-electron chi connectivity index (χ2n) is 7.05. The first-order valence-corrected chi connectivity index (χ1v) is 14.2. The summed E-state index contributed by atoms with van der Waals surface area (Å²) in [6, 6.07) is 8.56. The van der Waals surface area contributed by atoms with Crippen molar-refractivity contribution in [1.29, 1.82) is 0 Å². The molecule has 2 aromatic carbocycles. The largest absolute Gasteiger partial charge is 0.501 e. The molecule has 2 aliphatic heterocycles. The van der Waals surface area contributed by atoms with Gasteiger partial charge in [-0.1, -0.05) is 0 Å². The number of benzene rings is 2. The number of hydrogen-bond acceptors (Lipinski definition) is 10. The van der Waals surface area contributed by atoms with E-state index >= 15 is 0 Å². The average molecular weight is 551 g/mol. The lowest BCUT2D eigenvalue weighted by Crippen LogP contribution is -2.46. The molecule has 2 aromatic rings. The molecule has 0 spiro atoms. The number of hydrogen-bond donors (Lipinski definition) is 4. The molecule has 0 amide bonds. The van der Waals surface area contributed by atoms with Crippen molar-refractivity contribution in [2.24, 2.45) is 0 Å². The summed E-state index contributed by atoms with van der Waals surface area (Å²) in [7, 11) is -8.71. The summed E-state index contributed by atoms with van der Waals surface area (Å²) >= 11 is 2.49. The molecule has 2 heterocycles. The maximum absolute atomic E-state index is 11.5. The smallest absolute Gasteiger partial charge is 0.294 e. The zero-order valence-corrected chi connectivity index (χ0v) is 21.7. The van der Waals surface area contributed by atoms with Crippen molar-refractivity contribution < 1.29 is 30.6 Å². The highest BCUT2D eigenvalue weighted by molar-refractivity contribution is 8.01. The Morgan fingerprint density at radius 1 is 0.824 bits per heavy atom. The van der Waals surface area contributed by atoms with Gasteiger partial charge in [-0.3, -0.25) is 13.8 Å². The van der Waals surface area contributed by atoms with Crippen LogP contribution in [0.15, 0.2) is 56.0 Å². The maximum Gasteiger partial charge on any atom is 0.294 e. The van der Waals surface area contributed by atoms with Crippen LogP contribution in [0.2, 0.25) is 0 Å². The summed E-state index contributed by atoms with van der Waals surface area (Å²) < 4.78 is 65.9. The van der Waals surface area contributed by atoms with Crippen molar-refractivity contribution in [3.63, 3.8) is 0 Å². The summed E-state index contributed by atoms with van der Waals surface area (Å²) in [6.07, 6.45) is 0. The number of rotatable bonds is 6. The van der Waals surface area contributed by atoms with Crippen molar-refractivity contribution >= 4 is 55.1 Å². The minimum absolute atomic E-state index is 0. The molecule has 0 aromatic heterocycles. The maximum atomic E-state index is 11.5. The van der Waals surface area contributed by atoms with Crippen LogP contribution in [0.4, 0.5) is 11.4 Å². The van der Waals surface area contributed by atoms with Crippen LogP contribution in [0.3, 0.4) is 0 Å². The van der Waals surface area contributed by atoms with E-state index in [2.05, 4.69) is 0 Å². The van der Waals surface area contributed by atoms with Crippen LogP contribution in [-0.4, -0.2) is 54.7 Å². The molecule has 0 aliphatic carbocycles. The van der Waals surface area contributed by atoms with Gasteiger partial charge in [0, 0.05) is 22.9 Å². The fraction of sp³-hybridized carbons (Fsp3) is 0.333. The summed E-state index contributed by atoms with van der Waals surface area (Å²) in [5.74, 6) is 0. The minimum Gasteiger partial charge on any atom is -0.501 e. The Hall–Kier alpha value is -1.92. The van der Waals surface area contributed by atoms with Crippen molar-refractivity contribution in [1.82, 2.24) is 12.3 Å². The number of thioether (sulfide) groups is 2. The highest BCUT2D eigenvalue weighted by Crippen LogP contribution is 2.49. The van der Waals surface area contributed by atoms with Crippen molar-refractivity contribution in [2.75, 3.05) is 22.9 Å². The topological polar surface area (TPSA) is 211 Å². The SMILES string of the molecule is CCN1c2ccc(S(=O)(=O)O)cc2SC1[N+](=[N-])C1Sc2cc(S(=O)(=O)O)ccc2N1CC.N.N. The van der Waals surface area contributed by atoms with Gasteiger partial charge in [0.25, 0.3) is 31.2 Å². The number of nitrogens with zero attached hydrogens (tertiary/aromatic N) is 4. The van der Waals surface area contributed by atoms with Crippen LogP contribution in [-0.2, 0) is 20.2 Å². The van der Waals surface area contributed by atoms with E-state index in [9.17, 15) is 31.5 Å². The Labute approximate surface area is 206 Å². The van der Waals surface area contributed by atoms with E-state index in [1.54, 1.807) is 12.1 Å². The molecular weight excluding hydrogens is 525 g/mol. The molecule has 188 valence electrons. The lowest BCUT2D eigenvalue weighted by atomic mass is 10.3. The Bertz CT molecular complexity index is 1220. The summed E-state index contributed by atoms with van der Waals surface area (Å²) in [5, 5.41) is 0. The Kier molecular flexibility index (Phi) is 8.31. The third-order valence-electron chi connectivity index (χ3n) is 5.21. The van der Waals surface area contributed by atoms with Gasteiger partial charge in [-0.05, 0) is 73.8 Å². The second-order valence-corrected chi connectivity index (χ2v) is 12.1. The van der Waals surface area contributed by atoms with Crippen LogP contribution >= 0.6 is 23.5 Å². The molecule has 0 radical (unpaired) electrons. The lowest BCUT2D eigenvalue weighted by molar-refractivity contribution is -0.573. The van der Waals surface area contributed by atoms with Crippen LogP contribution in [0.5, 0.6) is 0 Å². The molecular formula is C18H26N6O6S4. The summed E-state index contributed by atoms with van der Waals surface area (Å²) in [4.78, 5) is 4.55. The second kappa shape index (κ2) is 9.98. The fourth-order valence-electron chi connectivity index (χ4n) is 3.72. The quantitative estimate of drug-likeness (QED) is 0.230. The standard InChI is InChI=1S/C18H20N4O6S4.2H3N/c1-3-20-13-7-5-11(31(23,24)25)9-15(13)29-17(20)22(19)18-21(4-2)14-8-6-12(32(26,27)28)10-16(14)30-18;;/h5-10,17-18H,3-4H2,1-2H3,(H,23,24,25)(H,26,27,28);2*1H3. The van der Waals surface area contributed by atoms with Crippen molar-refractivity contribution in [2.45, 2.75) is 44.4 Å². The molecule has 0 bridgehead atoms. The first-order valence-electron chi connectivity index (χ1n) is 9.52. The molecule has 16 heteroatoms. The number of fused-ring (bicyclic) bond motifs is 2. The van der Waals surface area contributed by atoms with E-state index in [1.807, 2.05) is 23.6 Å². The van der Waals surface area contributed by atoms with E-state index in [-0.39, 0.29) is 22.1 Å². The van der Waals surface area contributed by atoms with E-state index in [4.69, 9.17) is 0 Å². The summed E-state index contributed by atoms with van der Waals surface area (Å²) in [5.41, 5.74) is 11.5. The molecule has 2 atom stereocenters. The third kappa shape index (κ3) is 4.90. The summed E-state index contributed by atoms with van der Waals surface area (Å²) in [6.45, 7) is 4.85. The van der Waals surface area contributed by atoms with E-state index in [0.29, 0.717) is 22.9 Å². The number of anilines is 2. The first kappa shape index (κ1) is 28.3. The van der Waals surface area contributed by atoms with E-state index in [1.165, 1.54) is 47.8 Å². The average Bonchev–Trinajstić information content (AvgIpc) is 3.28. The van der Waals surface area contributed by atoms with Crippen LogP contribution < -0.4 is 22.1 Å². The van der Waals surface area contributed by atoms with Crippen LogP contribution in [0.25, 0.3) is 5.53 Å². The van der Waals surface area contributed by atoms with Crippen molar-refractivity contribution in [3.8, 4) is 0 Å². The zero-order valence-electron chi connectivity index (χ0n) is 18.4. The molecule has 0 saturated carbocycles. The molecule has 2 aliphatic rings. The molecule has 0 fully saturated rings. The lowest BCUT2D eigenvalue weighted by Gasteiger charge is -2.31. The van der Waals surface area contributed by atoms with Crippen LogP contribution in [0, 0.1) is 0 Å². The Balaban J connectivity index is 0.00000204. The van der Waals surface area contributed by atoms with Gasteiger partial charge in [-0.2, -0.15) is 16.8 Å². The Morgan fingerprint density at radius 3 is 1.47 bits per heavy atom. The minimum atomic E-state index is -4.36. The van der Waals surface area contributed by atoms with E-state index in [0.717, 1.165) is 16.1 Å². The molecule has 8 N–H and O–H groups in total. The molecule has 2 unspecified atom stereocenters. The predicted octanol–water partition coefficient (Wildman–Crippen LogP) is 3.67. The first-order chi connectivity index (χ1) is 15.0. The van der Waals surface area contributed by atoms with Crippen molar-refractivity contribution in [3.05, 3.63) is 41.9 Å². The van der Waals surface area contributed by atoms with Gasteiger partial charge in [-0.25, -0.2) is 0 Å². The molecule has 12 nitrogen and oxygen atoms in total. The van der Waals surface area contributed by atoms with Gasteiger partial charge in [0.15, 0.2) is 0 Å². The van der Waals surface area contributed by atoms with Gasteiger partial charge in [-0.15, -0.1) is 0 Å². The monoisotopic (exact) mass is 550 g/mol. The van der Waals surface area contributed by atoms with Gasteiger partial charge in [0.2, 0.25) is 0 Å². The predicted molar refractivity (Wildman–Crippen MR) is 132 cm³/mol. The molecule has 34 heavy (non-hydrogen) atoms. The Morgan fingerprint density at radius 2 is 1.18 bits per heavy atom. The molecule has 4 rings (SSSR count). The zero-order chi connectivity index (χ0) is 23.4. The highest BCUT2D eigenvalue weighted by atomic mass is 32.2. The van der Waals surface area contributed by atoms with E-state index < -0.39 is 31.2 Å². The van der Waals surface area contributed by atoms with Crippen LogP contribution in [0.1, 0.15) is 13.8 Å². The normalized spacial score (nSPS) is 19.2.